The number of thiophene rings is 2. The third kappa shape index (κ3) is 3.20. The second-order valence-corrected chi connectivity index (χ2v) is 10.6. The fourth-order valence-electron chi connectivity index (χ4n) is 5.06. The highest BCUT2D eigenvalue weighted by Gasteiger charge is 2.22. The zero-order valence-corrected chi connectivity index (χ0v) is 20.1. The van der Waals surface area contributed by atoms with E-state index >= 15 is 0 Å². The van der Waals surface area contributed by atoms with Crippen molar-refractivity contribution < 1.29 is 0 Å². The van der Waals surface area contributed by atoms with Gasteiger partial charge >= 0.3 is 0 Å². The fourth-order valence-corrected chi connectivity index (χ4v) is 6.93. The number of nitrogens with zero attached hydrogens (tertiary/aromatic N) is 1. The number of benzene rings is 4. The minimum atomic E-state index is 0.994. The molecule has 3 heteroatoms. The Labute approximate surface area is 207 Å². The lowest BCUT2D eigenvalue weighted by atomic mass is 10.0. The van der Waals surface area contributed by atoms with Crippen molar-refractivity contribution >= 4 is 49.8 Å². The molecule has 2 aromatic heterocycles. The third-order valence-corrected chi connectivity index (χ3v) is 8.76. The van der Waals surface area contributed by atoms with Crippen LogP contribution < -0.4 is 4.90 Å². The Morgan fingerprint density at radius 1 is 0.618 bits per heavy atom. The van der Waals surface area contributed by atoms with Gasteiger partial charge < -0.3 is 4.90 Å². The van der Waals surface area contributed by atoms with Gasteiger partial charge in [-0.25, -0.2) is 0 Å². The molecule has 0 unspecified atom stereocenters. The van der Waals surface area contributed by atoms with Crippen molar-refractivity contribution in [3.8, 4) is 20.9 Å². The predicted molar refractivity (Wildman–Crippen MR) is 148 cm³/mol. The lowest BCUT2D eigenvalue weighted by molar-refractivity contribution is 1.24. The zero-order chi connectivity index (χ0) is 22.5. The van der Waals surface area contributed by atoms with Gasteiger partial charge in [-0.05, 0) is 75.8 Å². The molecular formula is C31H21NS2. The van der Waals surface area contributed by atoms with E-state index in [4.69, 9.17) is 0 Å². The number of fused-ring (bicyclic) bond motifs is 4. The number of hydrogen-bond acceptors (Lipinski definition) is 3. The molecule has 0 aliphatic heterocycles. The van der Waals surface area contributed by atoms with Gasteiger partial charge in [-0.3, -0.25) is 0 Å². The van der Waals surface area contributed by atoms with Crippen LogP contribution in [0.5, 0.6) is 0 Å². The Morgan fingerprint density at radius 3 is 2.41 bits per heavy atom. The SMILES string of the molecule is c1csc(-c2ccc(N(c3ccc4c(c3)Cc3ccccc3-4)c3cccc4ccccc34)s2)c1. The first kappa shape index (κ1) is 19.8. The van der Waals surface area contributed by atoms with Crippen LogP contribution in [0.25, 0.3) is 31.7 Å². The maximum atomic E-state index is 2.44. The molecular weight excluding hydrogens is 450 g/mol. The van der Waals surface area contributed by atoms with Crippen LogP contribution in [0.3, 0.4) is 0 Å². The molecule has 7 rings (SSSR count). The maximum Gasteiger partial charge on any atom is 0.101 e. The van der Waals surface area contributed by atoms with Crippen LogP contribution in [0, 0.1) is 0 Å². The Kier molecular flexibility index (Phi) is 4.64. The molecule has 0 saturated heterocycles. The Hall–Kier alpha value is -3.66. The van der Waals surface area contributed by atoms with E-state index in [0.717, 1.165) is 6.42 Å². The molecule has 0 atom stereocenters. The van der Waals surface area contributed by atoms with Gasteiger partial charge in [0.25, 0.3) is 0 Å². The number of anilines is 3. The molecule has 162 valence electrons. The Morgan fingerprint density at radius 2 is 1.47 bits per heavy atom. The summed E-state index contributed by atoms with van der Waals surface area (Å²) < 4.78 is 0. The van der Waals surface area contributed by atoms with Crippen LogP contribution in [0.1, 0.15) is 11.1 Å². The molecule has 0 spiro atoms. The van der Waals surface area contributed by atoms with Crippen molar-refractivity contribution in [1.29, 1.82) is 0 Å². The predicted octanol–water partition coefficient (Wildman–Crippen LogP) is 9.67. The Balaban J connectivity index is 1.41. The number of rotatable bonds is 4. The highest BCUT2D eigenvalue weighted by atomic mass is 32.1. The van der Waals surface area contributed by atoms with Crippen LogP contribution in [-0.2, 0) is 6.42 Å². The molecule has 1 aliphatic carbocycles. The molecule has 0 bridgehead atoms. The Bertz CT molecular complexity index is 1640. The highest BCUT2D eigenvalue weighted by Crippen LogP contribution is 2.46. The van der Waals surface area contributed by atoms with Gasteiger partial charge in [0, 0.05) is 20.8 Å². The molecule has 6 aromatic rings. The molecule has 0 radical (unpaired) electrons. The molecule has 2 heterocycles. The minimum absolute atomic E-state index is 0.994. The summed E-state index contributed by atoms with van der Waals surface area (Å²) in [5.74, 6) is 0. The van der Waals surface area contributed by atoms with E-state index in [0.29, 0.717) is 0 Å². The van der Waals surface area contributed by atoms with E-state index in [-0.39, 0.29) is 0 Å². The van der Waals surface area contributed by atoms with E-state index in [1.807, 2.05) is 11.3 Å². The van der Waals surface area contributed by atoms with Crippen LogP contribution >= 0.6 is 22.7 Å². The molecule has 34 heavy (non-hydrogen) atoms. The fraction of sp³-hybridized carbons (Fsp3) is 0.0323. The molecule has 0 saturated carbocycles. The molecule has 1 nitrogen and oxygen atoms in total. The van der Waals surface area contributed by atoms with Crippen molar-refractivity contribution in [2.45, 2.75) is 6.42 Å². The molecule has 0 N–H and O–H groups in total. The second kappa shape index (κ2) is 7.98. The lowest BCUT2D eigenvalue weighted by Crippen LogP contribution is -2.09. The second-order valence-electron chi connectivity index (χ2n) is 8.62. The summed E-state index contributed by atoms with van der Waals surface area (Å²) in [7, 11) is 0. The summed E-state index contributed by atoms with van der Waals surface area (Å²) in [5.41, 5.74) is 7.98. The largest absolute Gasteiger partial charge is 0.301 e. The third-order valence-electron chi connectivity index (χ3n) is 6.62. The summed E-state index contributed by atoms with van der Waals surface area (Å²) in [4.78, 5) is 5.07. The normalized spacial score (nSPS) is 12.0. The van der Waals surface area contributed by atoms with Crippen molar-refractivity contribution in [2.24, 2.45) is 0 Å². The van der Waals surface area contributed by atoms with Gasteiger partial charge in [0.2, 0.25) is 0 Å². The summed E-state index contributed by atoms with van der Waals surface area (Å²) in [6.45, 7) is 0. The van der Waals surface area contributed by atoms with Gasteiger partial charge in [0.15, 0.2) is 0 Å². The van der Waals surface area contributed by atoms with Crippen LogP contribution in [0.4, 0.5) is 16.4 Å². The van der Waals surface area contributed by atoms with E-state index in [9.17, 15) is 0 Å². The van der Waals surface area contributed by atoms with E-state index in [1.165, 1.54) is 59.2 Å². The van der Waals surface area contributed by atoms with E-state index in [2.05, 4.69) is 119 Å². The molecule has 4 aromatic carbocycles. The number of hydrogen-bond donors (Lipinski definition) is 0. The quantitative estimate of drug-likeness (QED) is 0.247. The first-order chi connectivity index (χ1) is 16.8. The molecule has 0 fully saturated rings. The highest BCUT2D eigenvalue weighted by molar-refractivity contribution is 7.23. The summed E-state index contributed by atoms with van der Waals surface area (Å²) in [6.07, 6.45) is 0.994. The molecule has 0 amide bonds. The van der Waals surface area contributed by atoms with Gasteiger partial charge in [-0.1, -0.05) is 72.8 Å². The minimum Gasteiger partial charge on any atom is -0.301 e. The van der Waals surface area contributed by atoms with Crippen LogP contribution in [0.15, 0.2) is 115 Å². The van der Waals surface area contributed by atoms with Crippen molar-refractivity contribution in [2.75, 3.05) is 4.90 Å². The van der Waals surface area contributed by atoms with E-state index in [1.54, 1.807) is 11.3 Å². The van der Waals surface area contributed by atoms with Gasteiger partial charge in [0.05, 0.1) is 5.69 Å². The average molecular weight is 472 g/mol. The van der Waals surface area contributed by atoms with Crippen molar-refractivity contribution in [1.82, 2.24) is 0 Å². The van der Waals surface area contributed by atoms with Crippen molar-refractivity contribution in [3.63, 3.8) is 0 Å². The summed E-state index contributed by atoms with van der Waals surface area (Å²) in [6, 6.07) is 39.9. The monoisotopic (exact) mass is 471 g/mol. The van der Waals surface area contributed by atoms with E-state index < -0.39 is 0 Å². The smallest absolute Gasteiger partial charge is 0.101 e. The lowest BCUT2D eigenvalue weighted by Gasteiger charge is -2.26. The summed E-state index contributed by atoms with van der Waals surface area (Å²) >= 11 is 3.65. The van der Waals surface area contributed by atoms with Gasteiger partial charge in [0.1, 0.15) is 5.00 Å². The van der Waals surface area contributed by atoms with Crippen LogP contribution in [0.2, 0.25) is 0 Å². The summed E-state index contributed by atoms with van der Waals surface area (Å²) in [5, 5.41) is 5.90. The topological polar surface area (TPSA) is 3.24 Å². The first-order valence-electron chi connectivity index (χ1n) is 11.5. The average Bonchev–Trinajstić information content (AvgIpc) is 3.64. The first-order valence-corrected chi connectivity index (χ1v) is 13.2. The molecule has 1 aliphatic rings. The van der Waals surface area contributed by atoms with Crippen molar-refractivity contribution in [3.05, 3.63) is 126 Å². The standard InChI is InChI=1S/C31H21NS2/c1-4-11-27-21(7-1)9-5-12-28(27)32(31-17-16-30(34-31)29-13-6-18-33-29)24-14-15-26-23(20-24)19-22-8-2-3-10-25(22)26/h1-18,20H,19H2. The van der Waals surface area contributed by atoms with Gasteiger partial charge in [-0.2, -0.15) is 0 Å². The zero-order valence-electron chi connectivity index (χ0n) is 18.4. The van der Waals surface area contributed by atoms with Gasteiger partial charge in [-0.15, -0.1) is 22.7 Å². The maximum absolute atomic E-state index is 2.44. The van der Waals surface area contributed by atoms with Crippen LogP contribution in [-0.4, -0.2) is 0 Å².